The van der Waals surface area contributed by atoms with E-state index in [2.05, 4.69) is 20.6 Å². The number of halogens is 1. The molecule has 0 aliphatic heterocycles. The van der Waals surface area contributed by atoms with E-state index in [9.17, 15) is 14.0 Å². The van der Waals surface area contributed by atoms with Crippen LogP contribution in [-0.2, 0) is 4.79 Å². The Bertz CT molecular complexity index is 1810. The Morgan fingerprint density at radius 2 is 1.75 bits per heavy atom. The summed E-state index contributed by atoms with van der Waals surface area (Å²) in [5.41, 5.74) is 2.63. The van der Waals surface area contributed by atoms with Crippen LogP contribution in [0.25, 0.3) is 16.5 Å². The van der Waals surface area contributed by atoms with Crippen molar-refractivity contribution in [2.24, 2.45) is 5.92 Å². The first-order chi connectivity index (χ1) is 19.4. The van der Waals surface area contributed by atoms with E-state index >= 15 is 0 Å². The first kappa shape index (κ1) is 25.2. The van der Waals surface area contributed by atoms with E-state index < -0.39 is 0 Å². The normalized spacial score (nSPS) is 12.8. The Balaban J connectivity index is 1.27. The maximum Gasteiger partial charge on any atom is 0.266 e. The molecule has 5 aromatic rings. The fourth-order valence-electron chi connectivity index (χ4n) is 4.61. The third-order valence-electron chi connectivity index (χ3n) is 6.80. The summed E-state index contributed by atoms with van der Waals surface area (Å²) in [6, 6.07) is 18.5. The number of benzene rings is 2. The predicted octanol–water partition coefficient (Wildman–Crippen LogP) is 6.42. The second-order valence-corrected chi connectivity index (χ2v) is 9.87. The average molecular weight is 536 g/mol. The van der Waals surface area contributed by atoms with E-state index in [-0.39, 0.29) is 23.2 Å². The zero-order valence-electron chi connectivity index (χ0n) is 21.9. The molecule has 9 heteroatoms. The van der Waals surface area contributed by atoms with Crippen LogP contribution in [0, 0.1) is 25.6 Å². The smallest absolute Gasteiger partial charge is 0.266 e. The van der Waals surface area contributed by atoms with Gasteiger partial charge in [0.15, 0.2) is 0 Å². The number of ether oxygens (including phenoxy) is 1. The molecule has 0 atom stereocenters. The van der Waals surface area contributed by atoms with Crippen LogP contribution in [0.1, 0.15) is 24.1 Å². The van der Waals surface area contributed by atoms with E-state index in [1.54, 1.807) is 47.3 Å². The highest BCUT2D eigenvalue weighted by atomic mass is 19.1. The molecule has 1 fully saturated rings. The van der Waals surface area contributed by atoms with Gasteiger partial charge in [0.25, 0.3) is 5.56 Å². The molecule has 2 aromatic carbocycles. The number of pyridine rings is 3. The molecule has 200 valence electrons. The standard InChI is InChI=1S/C31H26FN5O3/c1-18-15-23(7-10-26(18)40-25-12-14-33-27(17-25)36-30(38)20-3-4-20)35-29-28-21(11-13-34-29)16-19(2)37(31(28)39)24-8-5-22(32)6-9-24/h5-17,20H,3-4H2,1-2H3,(H,34,35)(H,33,36,38). The molecular formula is C31H26FN5O3. The highest BCUT2D eigenvalue weighted by Gasteiger charge is 2.29. The summed E-state index contributed by atoms with van der Waals surface area (Å²) in [5, 5.41) is 7.28. The van der Waals surface area contributed by atoms with Crippen LogP contribution in [0.2, 0.25) is 0 Å². The van der Waals surface area contributed by atoms with E-state index in [1.807, 2.05) is 38.1 Å². The maximum absolute atomic E-state index is 13.6. The highest BCUT2D eigenvalue weighted by Crippen LogP contribution is 2.32. The van der Waals surface area contributed by atoms with Gasteiger partial charge in [0.2, 0.25) is 5.91 Å². The molecular weight excluding hydrogens is 509 g/mol. The summed E-state index contributed by atoms with van der Waals surface area (Å²) in [4.78, 5) is 34.4. The highest BCUT2D eigenvalue weighted by molar-refractivity contribution is 5.94. The average Bonchev–Trinajstić information content (AvgIpc) is 3.77. The number of aromatic nitrogens is 3. The zero-order valence-corrected chi connectivity index (χ0v) is 21.9. The second-order valence-electron chi connectivity index (χ2n) is 9.87. The van der Waals surface area contributed by atoms with Crippen molar-refractivity contribution >= 4 is 34.0 Å². The van der Waals surface area contributed by atoms with Gasteiger partial charge in [0.05, 0.1) is 5.39 Å². The van der Waals surface area contributed by atoms with Crippen molar-refractivity contribution in [3.05, 3.63) is 107 Å². The SMILES string of the molecule is Cc1cc(Nc2nccc3cc(C)n(-c4ccc(F)cc4)c(=O)c23)ccc1Oc1ccnc(NC(=O)C2CC2)c1. The van der Waals surface area contributed by atoms with Gasteiger partial charge in [-0.05, 0) is 98.3 Å². The van der Waals surface area contributed by atoms with E-state index in [1.165, 1.54) is 12.1 Å². The number of amides is 1. The van der Waals surface area contributed by atoms with Gasteiger partial charge in [-0.25, -0.2) is 14.4 Å². The van der Waals surface area contributed by atoms with Crippen molar-refractivity contribution < 1.29 is 13.9 Å². The van der Waals surface area contributed by atoms with E-state index in [4.69, 9.17) is 4.74 Å². The summed E-state index contributed by atoms with van der Waals surface area (Å²) >= 11 is 0. The van der Waals surface area contributed by atoms with Gasteiger partial charge >= 0.3 is 0 Å². The molecule has 0 unspecified atom stereocenters. The molecule has 3 aromatic heterocycles. The van der Waals surface area contributed by atoms with Crippen molar-refractivity contribution in [1.82, 2.24) is 14.5 Å². The van der Waals surface area contributed by atoms with Crippen molar-refractivity contribution in [1.29, 1.82) is 0 Å². The number of aryl methyl sites for hydroxylation is 2. The molecule has 6 rings (SSSR count). The quantitative estimate of drug-likeness (QED) is 0.250. The lowest BCUT2D eigenvalue weighted by Crippen LogP contribution is -2.21. The van der Waals surface area contributed by atoms with Crippen LogP contribution in [0.5, 0.6) is 11.5 Å². The number of carbonyl (C=O) groups excluding carboxylic acids is 1. The largest absolute Gasteiger partial charge is 0.457 e. The van der Waals surface area contributed by atoms with Crippen molar-refractivity contribution in [3.8, 4) is 17.2 Å². The molecule has 2 N–H and O–H groups in total. The van der Waals surface area contributed by atoms with Gasteiger partial charge in [0, 0.05) is 41.4 Å². The van der Waals surface area contributed by atoms with Crippen LogP contribution >= 0.6 is 0 Å². The first-order valence-electron chi connectivity index (χ1n) is 13.0. The molecule has 1 aliphatic rings. The fourth-order valence-corrected chi connectivity index (χ4v) is 4.61. The van der Waals surface area contributed by atoms with Gasteiger partial charge < -0.3 is 15.4 Å². The minimum Gasteiger partial charge on any atom is -0.457 e. The molecule has 0 spiro atoms. The van der Waals surface area contributed by atoms with E-state index in [0.717, 1.165) is 35.2 Å². The molecule has 0 saturated heterocycles. The van der Waals surface area contributed by atoms with E-state index in [0.29, 0.717) is 34.2 Å². The summed E-state index contributed by atoms with van der Waals surface area (Å²) in [5.74, 6) is 1.75. The van der Waals surface area contributed by atoms with Crippen LogP contribution in [0.3, 0.4) is 0 Å². The van der Waals surface area contributed by atoms with Crippen LogP contribution in [0.4, 0.5) is 21.7 Å². The van der Waals surface area contributed by atoms with Crippen molar-refractivity contribution in [2.45, 2.75) is 26.7 Å². The lowest BCUT2D eigenvalue weighted by atomic mass is 10.1. The number of hydrogen-bond acceptors (Lipinski definition) is 6. The molecule has 0 radical (unpaired) electrons. The molecule has 40 heavy (non-hydrogen) atoms. The number of rotatable bonds is 7. The second kappa shape index (κ2) is 10.3. The summed E-state index contributed by atoms with van der Waals surface area (Å²) in [6.45, 7) is 3.76. The van der Waals surface area contributed by atoms with Crippen LogP contribution < -0.4 is 20.9 Å². The number of hydrogen-bond donors (Lipinski definition) is 2. The number of nitrogens with one attached hydrogen (secondary N) is 2. The first-order valence-corrected chi connectivity index (χ1v) is 13.0. The lowest BCUT2D eigenvalue weighted by Gasteiger charge is -2.15. The monoisotopic (exact) mass is 535 g/mol. The topological polar surface area (TPSA) is 98.1 Å². The Morgan fingerprint density at radius 3 is 2.50 bits per heavy atom. The molecule has 0 bridgehead atoms. The Morgan fingerprint density at radius 1 is 0.975 bits per heavy atom. The number of nitrogens with zero attached hydrogens (tertiary/aromatic N) is 3. The fraction of sp³-hybridized carbons (Fsp3) is 0.161. The van der Waals surface area contributed by atoms with Gasteiger partial charge in [0.1, 0.15) is 29.0 Å². The summed E-state index contributed by atoms with van der Waals surface area (Å²) in [6.07, 6.45) is 5.08. The lowest BCUT2D eigenvalue weighted by molar-refractivity contribution is -0.117. The predicted molar refractivity (Wildman–Crippen MR) is 152 cm³/mol. The van der Waals surface area contributed by atoms with Crippen molar-refractivity contribution in [2.75, 3.05) is 10.6 Å². The molecule has 1 aliphatic carbocycles. The maximum atomic E-state index is 13.6. The summed E-state index contributed by atoms with van der Waals surface area (Å²) < 4.78 is 21.1. The minimum atomic E-state index is -0.369. The molecule has 1 amide bonds. The summed E-state index contributed by atoms with van der Waals surface area (Å²) in [7, 11) is 0. The third kappa shape index (κ3) is 5.13. The van der Waals surface area contributed by atoms with Gasteiger partial charge in [-0.2, -0.15) is 0 Å². The number of anilines is 3. The zero-order chi connectivity index (χ0) is 27.8. The van der Waals surface area contributed by atoms with Crippen LogP contribution in [-0.4, -0.2) is 20.4 Å². The molecule has 8 nitrogen and oxygen atoms in total. The number of fused-ring (bicyclic) bond motifs is 1. The number of carbonyl (C=O) groups is 1. The molecule has 3 heterocycles. The van der Waals surface area contributed by atoms with Crippen molar-refractivity contribution in [3.63, 3.8) is 0 Å². The minimum absolute atomic E-state index is 0.0158. The molecule has 1 saturated carbocycles. The van der Waals surface area contributed by atoms with Crippen LogP contribution in [0.15, 0.2) is 83.9 Å². The Hall–Kier alpha value is -5.05. The van der Waals surface area contributed by atoms with Gasteiger partial charge in [-0.15, -0.1) is 0 Å². The Labute approximate surface area is 229 Å². The third-order valence-corrected chi connectivity index (χ3v) is 6.80. The Kier molecular flexibility index (Phi) is 6.47. The van der Waals surface area contributed by atoms with Gasteiger partial charge in [-0.3, -0.25) is 14.2 Å². The van der Waals surface area contributed by atoms with Gasteiger partial charge in [-0.1, -0.05) is 0 Å².